The molecule has 4 nitrogen and oxygen atoms in total. The van der Waals surface area contributed by atoms with E-state index < -0.39 is 0 Å². The summed E-state index contributed by atoms with van der Waals surface area (Å²) >= 11 is 0. The minimum absolute atomic E-state index is 0.0807. The summed E-state index contributed by atoms with van der Waals surface area (Å²) in [6.45, 7) is 4.10. The lowest BCUT2D eigenvalue weighted by Gasteiger charge is -2.12. The van der Waals surface area contributed by atoms with Crippen molar-refractivity contribution in [2.45, 2.75) is 32.3 Å². The van der Waals surface area contributed by atoms with Gasteiger partial charge in [-0.05, 0) is 25.3 Å². The van der Waals surface area contributed by atoms with Gasteiger partial charge in [0.25, 0.3) is 0 Å². The van der Waals surface area contributed by atoms with Crippen molar-refractivity contribution < 1.29 is 9.53 Å². The van der Waals surface area contributed by atoms with Crippen LogP contribution in [0.4, 0.5) is 0 Å². The van der Waals surface area contributed by atoms with Crippen LogP contribution in [0.5, 0.6) is 0 Å². The minimum atomic E-state index is 0.0807. The Kier molecular flexibility index (Phi) is 4.90. The van der Waals surface area contributed by atoms with Crippen LogP contribution in [0.15, 0.2) is 0 Å². The summed E-state index contributed by atoms with van der Waals surface area (Å²) in [5, 5.41) is 2.86. The fraction of sp³-hybridized carbons (Fsp3) is 0.900. The maximum atomic E-state index is 11.4. The molecule has 0 aromatic rings. The van der Waals surface area contributed by atoms with Gasteiger partial charge in [0.1, 0.15) is 0 Å². The molecule has 3 N–H and O–H groups in total. The van der Waals surface area contributed by atoms with Crippen LogP contribution in [0, 0.1) is 5.92 Å². The highest BCUT2D eigenvalue weighted by atomic mass is 16.5. The van der Waals surface area contributed by atoms with E-state index in [9.17, 15) is 4.79 Å². The molecule has 1 aliphatic heterocycles. The largest absolute Gasteiger partial charge is 0.378 e. The SMILES string of the molecule is CC(CN)CNC(=O)CC1CCCO1. The highest BCUT2D eigenvalue weighted by molar-refractivity contribution is 5.76. The van der Waals surface area contributed by atoms with Gasteiger partial charge >= 0.3 is 0 Å². The molecule has 0 aromatic carbocycles. The predicted octanol–water partition coefficient (Wildman–Crippen LogP) is 0.267. The number of hydrogen-bond donors (Lipinski definition) is 2. The van der Waals surface area contributed by atoms with Crippen LogP contribution in [-0.2, 0) is 9.53 Å². The molecular weight excluding hydrogens is 180 g/mol. The zero-order valence-electron chi connectivity index (χ0n) is 8.79. The molecule has 1 fully saturated rings. The van der Waals surface area contributed by atoms with E-state index in [0.717, 1.165) is 19.4 Å². The summed E-state index contributed by atoms with van der Waals surface area (Å²) < 4.78 is 5.37. The van der Waals surface area contributed by atoms with Crippen molar-refractivity contribution in [1.29, 1.82) is 0 Å². The Morgan fingerprint density at radius 1 is 1.71 bits per heavy atom. The Morgan fingerprint density at radius 3 is 3.07 bits per heavy atom. The van der Waals surface area contributed by atoms with Crippen LogP contribution < -0.4 is 11.1 Å². The van der Waals surface area contributed by atoms with Crippen molar-refractivity contribution in [2.24, 2.45) is 11.7 Å². The predicted molar refractivity (Wildman–Crippen MR) is 54.8 cm³/mol. The van der Waals surface area contributed by atoms with Gasteiger partial charge in [-0.15, -0.1) is 0 Å². The Labute approximate surface area is 85.2 Å². The lowest BCUT2D eigenvalue weighted by atomic mass is 10.1. The average Bonchev–Trinajstić information content (AvgIpc) is 2.66. The zero-order valence-corrected chi connectivity index (χ0v) is 8.79. The quantitative estimate of drug-likeness (QED) is 0.669. The molecule has 0 spiro atoms. The summed E-state index contributed by atoms with van der Waals surface area (Å²) in [7, 11) is 0. The van der Waals surface area contributed by atoms with E-state index in [-0.39, 0.29) is 12.0 Å². The van der Waals surface area contributed by atoms with E-state index in [1.54, 1.807) is 0 Å². The Bertz CT molecular complexity index is 179. The summed E-state index contributed by atoms with van der Waals surface area (Å²) in [6, 6.07) is 0. The van der Waals surface area contributed by atoms with Gasteiger partial charge in [0.05, 0.1) is 12.5 Å². The average molecular weight is 200 g/mol. The van der Waals surface area contributed by atoms with Crippen LogP contribution in [0.25, 0.3) is 0 Å². The van der Waals surface area contributed by atoms with Crippen molar-refractivity contribution >= 4 is 5.91 Å². The highest BCUT2D eigenvalue weighted by Crippen LogP contribution is 2.14. The van der Waals surface area contributed by atoms with Gasteiger partial charge in [0, 0.05) is 13.2 Å². The first-order valence-corrected chi connectivity index (χ1v) is 5.30. The molecule has 0 bridgehead atoms. The van der Waals surface area contributed by atoms with E-state index in [1.165, 1.54) is 0 Å². The monoisotopic (exact) mass is 200 g/mol. The summed E-state index contributed by atoms with van der Waals surface area (Å²) in [4.78, 5) is 11.4. The number of carbonyl (C=O) groups excluding carboxylic acids is 1. The summed E-state index contributed by atoms with van der Waals surface area (Å²) in [5.41, 5.74) is 5.45. The standard InChI is InChI=1S/C10H20N2O2/c1-8(6-11)7-12-10(13)5-9-3-2-4-14-9/h8-9H,2-7,11H2,1H3,(H,12,13). The number of ether oxygens (including phenoxy) is 1. The minimum Gasteiger partial charge on any atom is -0.378 e. The molecule has 2 unspecified atom stereocenters. The molecule has 1 heterocycles. The summed E-state index contributed by atoms with van der Waals surface area (Å²) in [6.07, 6.45) is 2.73. The fourth-order valence-electron chi connectivity index (χ4n) is 1.46. The Balaban J connectivity index is 2.09. The number of nitrogens with one attached hydrogen (secondary N) is 1. The second-order valence-electron chi connectivity index (χ2n) is 3.98. The second kappa shape index (κ2) is 5.98. The van der Waals surface area contributed by atoms with Crippen LogP contribution in [-0.4, -0.2) is 31.7 Å². The first kappa shape index (κ1) is 11.5. The fourth-order valence-corrected chi connectivity index (χ4v) is 1.46. The van der Waals surface area contributed by atoms with Crippen LogP contribution in [0.3, 0.4) is 0 Å². The third-order valence-electron chi connectivity index (χ3n) is 2.49. The van der Waals surface area contributed by atoms with Gasteiger partial charge in [-0.25, -0.2) is 0 Å². The van der Waals surface area contributed by atoms with Crippen LogP contribution in [0.1, 0.15) is 26.2 Å². The van der Waals surface area contributed by atoms with E-state index >= 15 is 0 Å². The van der Waals surface area contributed by atoms with E-state index in [4.69, 9.17) is 10.5 Å². The molecule has 1 saturated heterocycles. The molecule has 2 atom stereocenters. The van der Waals surface area contributed by atoms with Crippen molar-refractivity contribution in [2.75, 3.05) is 19.7 Å². The highest BCUT2D eigenvalue weighted by Gasteiger charge is 2.18. The molecule has 1 amide bonds. The number of amides is 1. The molecule has 82 valence electrons. The number of hydrogen-bond acceptors (Lipinski definition) is 3. The maximum Gasteiger partial charge on any atom is 0.222 e. The van der Waals surface area contributed by atoms with Gasteiger partial charge in [-0.2, -0.15) is 0 Å². The molecule has 14 heavy (non-hydrogen) atoms. The molecule has 0 aliphatic carbocycles. The van der Waals surface area contributed by atoms with E-state index in [1.807, 2.05) is 6.92 Å². The van der Waals surface area contributed by atoms with Crippen molar-refractivity contribution in [3.05, 3.63) is 0 Å². The van der Waals surface area contributed by atoms with Crippen LogP contribution >= 0.6 is 0 Å². The van der Waals surface area contributed by atoms with Gasteiger partial charge in [0.15, 0.2) is 0 Å². The van der Waals surface area contributed by atoms with Gasteiger partial charge < -0.3 is 15.8 Å². The third kappa shape index (κ3) is 4.07. The molecular formula is C10H20N2O2. The number of rotatable bonds is 5. The lowest BCUT2D eigenvalue weighted by molar-refractivity contribution is -0.123. The van der Waals surface area contributed by atoms with Crippen molar-refractivity contribution in [3.8, 4) is 0 Å². The first-order chi connectivity index (χ1) is 6.72. The number of carbonyl (C=O) groups is 1. The van der Waals surface area contributed by atoms with Gasteiger partial charge in [-0.3, -0.25) is 4.79 Å². The van der Waals surface area contributed by atoms with Crippen molar-refractivity contribution in [3.63, 3.8) is 0 Å². The van der Waals surface area contributed by atoms with E-state index in [2.05, 4.69) is 5.32 Å². The smallest absolute Gasteiger partial charge is 0.222 e. The van der Waals surface area contributed by atoms with Gasteiger partial charge in [-0.1, -0.05) is 6.92 Å². The van der Waals surface area contributed by atoms with Crippen molar-refractivity contribution in [1.82, 2.24) is 5.32 Å². The molecule has 0 radical (unpaired) electrons. The first-order valence-electron chi connectivity index (χ1n) is 5.30. The number of nitrogens with two attached hydrogens (primary N) is 1. The molecule has 1 rings (SSSR count). The normalized spacial score (nSPS) is 23.4. The van der Waals surface area contributed by atoms with E-state index in [0.29, 0.717) is 25.4 Å². The molecule has 4 heteroatoms. The zero-order chi connectivity index (χ0) is 10.4. The topological polar surface area (TPSA) is 64.3 Å². The molecule has 0 saturated carbocycles. The van der Waals surface area contributed by atoms with Crippen LogP contribution in [0.2, 0.25) is 0 Å². The molecule has 1 aliphatic rings. The summed E-state index contributed by atoms with van der Waals surface area (Å²) in [5.74, 6) is 0.431. The molecule has 0 aromatic heterocycles. The Morgan fingerprint density at radius 2 is 2.50 bits per heavy atom. The Hall–Kier alpha value is -0.610. The third-order valence-corrected chi connectivity index (χ3v) is 2.49. The maximum absolute atomic E-state index is 11.4. The lowest BCUT2D eigenvalue weighted by Crippen LogP contribution is -2.33. The second-order valence-corrected chi connectivity index (χ2v) is 3.98. The van der Waals surface area contributed by atoms with Gasteiger partial charge in [0.2, 0.25) is 5.91 Å².